The molecule has 0 radical (unpaired) electrons. The van der Waals surface area contributed by atoms with Crippen molar-refractivity contribution in [3.63, 3.8) is 0 Å². The van der Waals surface area contributed by atoms with Crippen LogP contribution in [0.15, 0.2) is 16.4 Å². The van der Waals surface area contributed by atoms with E-state index in [1.807, 2.05) is 11.6 Å². The summed E-state index contributed by atoms with van der Waals surface area (Å²) in [6.45, 7) is 8.30. The van der Waals surface area contributed by atoms with Crippen LogP contribution >= 0.6 is 23.1 Å². The first-order chi connectivity index (χ1) is 13.1. The summed E-state index contributed by atoms with van der Waals surface area (Å²) in [5.74, 6) is 0.838. The third-order valence-corrected chi connectivity index (χ3v) is 7.05. The van der Waals surface area contributed by atoms with Crippen LogP contribution in [0.5, 0.6) is 0 Å². The number of aryl methyl sites for hydroxylation is 2. The fourth-order valence-corrected chi connectivity index (χ4v) is 5.26. The van der Waals surface area contributed by atoms with Crippen LogP contribution in [-0.2, 0) is 24.9 Å². The van der Waals surface area contributed by atoms with E-state index in [1.54, 1.807) is 17.5 Å². The van der Waals surface area contributed by atoms with E-state index in [2.05, 4.69) is 23.7 Å². The maximum atomic E-state index is 9.43. The van der Waals surface area contributed by atoms with Crippen LogP contribution in [0.3, 0.4) is 0 Å². The number of hydrogen-bond acceptors (Lipinski definition) is 8. The molecule has 0 aliphatic carbocycles. The lowest BCUT2D eigenvalue weighted by Gasteiger charge is -2.25. The Balaban J connectivity index is 1.72. The highest BCUT2D eigenvalue weighted by molar-refractivity contribution is 7.99. The molecule has 0 aromatic carbocycles. The molecule has 144 valence electrons. The largest absolute Gasteiger partial charge is 0.390 e. The molecule has 7 nitrogen and oxygen atoms in total. The summed E-state index contributed by atoms with van der Waals surface area (Å²) >= 11 is 3.26. The average molecular weight is 406 g/mol. The Morgan fingerprint density at radius 3 is 2.74 bits per heavy atom. The topological polar surface area (TPSA) is 76.3 Å². The summed E-state index contributed by atoms with van der Waals surface area (Å²) in [4.78, 5) is 18.8. The van der Waals surface area contributed by atoms with Crippen molar-refractivity contribution in [3.8, 4) is 0 Å². The average Bonchev–Trinajstić information content (AvgIpc) is 3.15. The Morgan fingerprint density at radius 2 is 2.04 bits per heavy atom. The number of aliphatic hydroxyl groups excluding tert-OH is 1. The molecular formula is C18H23N5O2S2. The summed E-state index contributed by atoms with van der Waals surface area (Å²) < 4.78 is 7.35. The Morgan fingerprint density at radius 1 is 1.26 bits per heavy atom. The molecule has 0 amide bonds. The van der Waals surface area contributed by atoms with Gasteiger partial charge in [-0.1, -0.05) is 0 Å². The number of fused-ring (bicyclic) bond motifs is 1. The van der Waals surface area contributed by atoms with Gasteiger partial charge < -0.3 is 14.4 Å². The molecule has 3 aromatic heterocycles. The number of aliphatic hydroxyl groups is 1. The molecule has 0 saturated carbocycles. The minimum absolute atomic E-state index is 0.0257. The molecule has 0 atom stereocenters. The normalized spacial score (nSPS) is 15.7. The van der Waals surface area contributed by atoms with Gasteiger partial charge in [0.05, 0.1) is 38.3 Å². The highest BCUT2D eigenvalue weighted by Crippen LogP contribution is 2.37. The van der Waals surface area contributed by atoms with Gasteiger partial charge in [-0.15, -0.1) is 11.3 Å². The fraction of sp³-hybridized carbons (Fsp3) is 0.500. The second kappa shape index (κ2) is 7.84. The summed E-state index contributed by atoms with van der Waals surface area (Å²) in [6.07, 6.45) is 1.71. The highest BCUT2D eigenvalue weighted by atomic mass is 32.2. The van der Waals surface area contributed by atoms with Crippen molar-refractivity contribution in [2.75, 3.05) is 26.3 Å². The van der Waals surface area contributed by atoms with Crippen LogP contribution in [0.25, 0.3) is 10.2 Å². The zero-order chi connectivity index (χ0) is 19.0. The van der Waals surface area contributed by atoms with Gasteiger partial charge in [-0.25, -0.2) is 15.0 Å². The molecule has 0 spiro atoms. The molecule has 9 heteroatoms. The lowest BCUT2D eigenvalue weighted by atomic mass is 10.2. The Hall–Kier alpha value is -1.52. The number of imidazole rings is 1. The van der Waals surface area contributed by atoms with E-state index in [9.17, 15) is 5.11 Å². The fourth-order valence-electron chi connectivity index (χ4n) is 3.11. The van der Waals surface area contributed by atoms with Crippen molar-refractivity contribution in [1.29, 1.82) is 0 Å². The number of morpholine rings is 1. The van der Waals surface area contributed by atoms with E-state index >= 15 is 0 Å². The number of hydrogen-bond donors (Lipinski definition) is 1. The zero-order valence-corrected chi connectivity index (χ0v) is 17.4. The molecule has 27 heavy (non-hydrogen) atoms. The van der Waals surface area contributed by atoms with Gasteiger partial charge in [0.2, 0.25) is 0 Å². The van der Waals surface area contributed by atoms with E-state index in [1.165, 1.54) is 22.2 Å². The van der Waals surface area contributed by atoms with Crippen LogP contribution in [0.1, 0.15) is 22.0 Å². The van der Waals surface area contributed by atoms with Gasteiger partial charge in [0.25, 0.3) is 0 Å². The SMILES string of the molecule is Cc1sc2nc(CN3CCOCC3)nc(Sc3ncc(CO)n3C)c2c1C. The van der Waals surface area contributed by atoms with Crippen LogP contribution < -0.4 is 0 Å². The van der Waals surface area contributed by atoms with Gasteiger partial charge in [0.1, 0.15) is 15.7 Å². The molecule has 1 saturated heterocycles. The van der Waals surface area contributed by atoms with E-state index in [0.717, 1.165) is 64.8 Å². The number of nitrogens with zero attached hydrogens (tertiary/aromatic N) is 5. The summed E-state index contributed by atoms with van der Waals surface area (Å²) in [5, 5.41) is 12.3. The molecule has 1 aliphatic rings. The molecule has 0 unspecified atom stereocenters. The van der Waals surface area contributed by atoms with Crippen LogP contribution in [-0.4, -0.2) is 55.8 Å². The lowest BCUT2D eigenvalue weighted by Crippen LogP contribution is -2.36. The predicted molar refractivity (Wildman–Crippen MR) is 106 cm³/mol. The minimum atomic E-state index is -0.0257. The van der Waals surface area contributed by atoms with Crippen LogP contribution in [0.2, 0.25) is 0 Å². The lowest BCUT2D eigenvalue weighted by molar-refractivity contribution is 0.0330. The van der Waals surface area contributed by atoms with E-state index in [-0.39, 0.29) is 6.61 Å². The van der Waals surface area contributed by atoms with Crippen molar-refractivity contribution in [2.45, 2.75) is 37.2 Å². The second-order valence-corrected chi connectivity index (χ2v) is 8.81. The van der Waals surface area contributed by atoms with Gasteiger partial charge >= 0.3 is 0 Å². The molecule has 4 rings (SSSR count). The van der Waals surface area contributed by atoms with Crippen LogP contribution in [0.4, 0.5) is 0 Å². The predicted octanol–water partition coefficient (Wildman–Crippen LogP) is 2.52. The summed E-state index contributed by atoms with van der Waals surface area (Å²) in [6, 6.07) is 0. The highest BCUT2D eigenvalue weighted by Gasteiger charge is 2.19. The molecule has 3 aromatic rings. The summed E-state index contributed by atoms with van der Waals surface area (Å²) in [5.41, 5.74) is 2.02. The molecule has 0 bridgehead atoms. The molecular weight excluding hydrogens is 382 g/mol. The smallest absolute Gasteiger partial charge is 0.174 e. The standard InChI is InChI=1S/C18H23N5O2S2/c1-11-12(2)26-16-15(11)17(27-18-19-8-13(10-24)22(18)3)21-14(20-16)9-23-4-6-25-7-5-23/h8,24H,4-7,9-10H2,1-3H3. The van der Waals surface area contributed by atoms with Crippen molar-refractivity contribution in [2.24, 2.45) is 7.05 Å². The van der Waals surface area contributed by atoms with Gasteiger partial charge in [-0.2, -0.15) is 0 Å². The number of aromatic nitrogens is 4. The van der Waals surface area contributed by atoms with Gasteiger partial charge in [0, 0.05) is 30.4 Å². The quantitative estimate of drug-likeness (QED) is 0.654. The van der Waals surface area contributed by atoms with Crippen molar-refractivity contribution in [1.82, 2.24) is 24.4 Å². The third-order valence-electron chi connectivity index (χ3n) is 4.90. The summed E-state index contributed by atoms with van der Waals surface area (Å²) in [7, 11) is 1.92. The first-order valence-electron chi connectivity index (χ1n) is 8.93. The number of thiophene rings is 1. The third kappa shape index (κ3) is 3.74. The van der Waals surface area contributed by atoms with Crippen LogP contribution in [0, 0.1) is 13.8 Å². The van der Waals surface area contributed by atoms with E-state index in [4.69, 9.17) is 14.7 Å². The Labute approximate surface area is 166 Å². The number of rotatable bonds is 5. The zero-order valence-electron chi connectivity index (χ0n) is 15.7. The number of ether oxygens (including phenoxy) is 1. The first kappa shape index (κ1) is 18.8. The van der Waals surface area contributed by atoms with E-state index < -0.39 is 0 Å². The minimum Gasteiger partial charge on any atom is -0.390 e. The second-order valence-electron chi connectivity index (χ2n) is 6.65. The van der Waals surface area contributed by atoms with Crippen molar-refractivity contribution >= 4 is 33.3 Å². The van der Waals surface area contributed by atoms with Crippen molar-refractivity contribution < 1.29 is 9.84 Å². The Kier molecular flexibility index (Phi) is 5.47. The molecule has 1 N–H and O–H groups in total. The molecule has 1 aliphatic heterocycles. The molecule has 1 fully saturated rings. The first-order valence-corrected chi connectivity index (χ1v) is 10.6. The molecule has 4 heterocycles. The van der Waals surface area contributed by atoms with Gasteiger partial charge in [-0.05, 0) is 31.2 Å². The maximum Gasteiger partial charge on any atom is 0.174 e. The van der Waals surface area contributed by atoms with Gasteiger partial charge in [-0.3, -0.25) is 4.90 Å². The van der Waals surface area contributed by atoms with E-state index in [0.29, 0.717) is 0 Å². The maximum absolute atomic E-state index is 9.43. The van der Waals surface area contributed by atoms with Gasteiger partial charge in [0.15, 0.2) is 5.16 Å². The van der Waals surface area contributed by atoms with Crippen molar-refractivity contribution in [3.05, 3.63) is 28.2 Å². The Bertz CT molecular complexity index is 962. The monoisotopic (exact) mass is 405 g/mol.